The first-order valence-corrected chi connectivity index (χ1v) is 8.86. The average molecular weight is 400 g/mol. The summed E-state index contributed by atoms with van der Waals surface area (Å²) in [5.74, 6) is -1.17. The molecule has 2 rings (SSSR count). The molecule has 0 bridgehead atoms. The molecule has 1 saturated heterocycles. The van der Waals surface area contributed by atoms with Gasteiger partial charge in [0.1, 0.15) is 0 Å². The third kappa shape index (κ3) is 5.95. The van der Waals surface area contributed by atoms with Gasteiger partial charge in [-0.15, -0.1) is 0 Å². The van der Waals surface area contributed by atoms with Crippen LogP contribution in [0.1, 0.15) is 29.8 Å². The Morgan fingerprint density at radius 3 is 2.25 bits per heavy atom. The zero-order chi connectivity index (χ0) is 20.9. The maximum Gasteiger partial charge on any atom is 0.417 e. The number of alkyl halides is 3. The predicted octanol–water partition coefficient (Wildman–Crippen LogP) is 1.70. The van der Waals surface area contributed by atoms with Gasteiger partial charge in [-0.1, -0.05) is 12.1 Å². The number of imide groups is 1. The van der Waals surface area contributed by atoms with E-state index in [4.69, 9.17) is 0 Å². The number of hydrogen-bond donors (Lipinski definition) is 2. The van der Waals surface area contributed by atoms with Crippen molar-refractivity contribution < 1.29 is 27.6 Å². The second-order valence-corrected chi connectivity index (χ2v) is 6.79. The number of amides is 4. The molecule has 1 aromatic rings. The second kappa shape index (κ2) is 9.05. The van der Waals surface area contributed by atoms with Crippen molar-refractivity contribution in [2.45, 2.75) is 26.1 Å². The van der Waals surface area contributed by atoms with Gasteiger partial charge in [-0.25, -0.2) is 4.79 Å². The molecular formula is C18H23F3N4O3. The Kier molecular flexibility index (Phi) is 7.00. The van der Waals surface area contributed by atoms with Crippen LogP contribution in [0.4, 0.5) is 18.0 Å². The van der Waals surface area contributed by atoms with Gasteiger partial charge in [-0.05, 0) is 26.0 Å². The Balaban J connectivity index is 1.90. The summed E-state index contributed by atoms with van der Waals surface area (Å²) in [5, 5.41) is 4.74. The molecule has 0 radical (unpaired) electrons. The minimum absolute atomic E-state index is 0.0350. The van der Waals surface area contributed by atoms with Crippen molar-refractivity contribution in [2.24, 2.45) is 0 Å². The lowest BCUT2D eigenvalue weighted by molar-refractivity contribution is -0.138. The van der Waals surface area contributed by atoms with Crippen LogP contribution in [0.25, 0.3) is 0 Å². The van der Waals surface area contributed by atoms with Gasteiger partial charge >= 0.3 is 12.2 Å². The van der Waals surface area contributed by atoms with Crippen LogP contribution in [-0.4, -0.2) is 66.4 Å². The Morgan fingerprint density at radius 1 is 1.07 bits per heavy atom. The lowest BCUT2D eigenvalue weighted by Gasteiger charge is -2.34. The highest BCUT2D eigenvalue weighted by molar-refractivity contribution is 5.96. The summed E-state index contributed by atoms with van der Waals surface area (Å²) in [6.07, 6.45) is -4.61. The lowest BCUT2D eigenvalue weighted by atomic mass is 10.1. The lowest BCUT2D eigenvalue weighted by Crippen LogP contribution is -2.52. The molecule has 1 heterocycles. The minimum Gasteiger partial charge on any atom is -0.336 e. The van der Waals surface area contributed by atoms with Crippen molar-refractivity contribution in [1.82, 2.24) is 20.4 Å². The SMILES string of the molecule is CC(C)NC(=O)NC(=O)CN1CCN(C(=O)c2ccccc2C(F)(F)F)CC1. The van der Waals surface area contributed by atoms with Crippen molar-refractivity contribution in [3.05, 3.63) is 35.4 Å². The van der Waals surface area contributed by atoms with Crippen LogP contribution in [0.2, 0.25) is 0 Å². The topological polar surface area (TPSA) is 81.8 Å². The van der Waals surface area contributed by atoms with E-state index in [9.17, 15) is 27.6 Å². The van der Waals surface area contributed by atoms with Crippen LogP contribution in [0.3, 0.4) is 0 Å². The van der Waals surface area contributed by atoms with Crippen LogP contribution >= 0.6 is 0 Å². The van der Waals surface area contributed by atoms with E-state index in [2.05, 4.69) is 10.6 Å². The van der Waals surface area contributed by atoms with E-state index < -0.39 is 29.6 Å². The summed E-state index contributed by atoms with van der Waals surface area (Å²) in [6.45, 7) is 4.51. The van der Waals surface area contributed by atoms with Crippen molar-refractivity contribution in [2.75, 3.05) is 32.7 Å². The standard InChI is InChI=1S/C18H23F3N4O3/c1-12(2)22-17(28)23-15(26)11-24-7-9-25(10-8-24)16(27)13-5-3-4-6-14(13)18(19,20)21/h3-6,12H,7-11H2,1-2H3,(H2,22,23,26,28). The van der Waals surface area contributed by atoms with Crippen LogP contribution < -0.4 is 10.6 Å². The fraction of sp³-hybridized carbons (Fsp3) is 0.500. The van der Waals surface area contributed by atoms with E-state index in [0.29, 0.717) is 13.1 Å². The zero-order valence-electron chi connectivity index (χ0n) is 15.7. The number of carbonyl (C=O) groups is 3. The summed E-state index contributed by atoms with van der Waals surface area (Å²) >= 11 is 0. The normalized spacial score (nSPS) is 15.4. The smallest absolute Gasteiger partial charge is 0.336 e. The number of nitrogens with one attached hydrogen (secondary N) is 2. The number of carbonyl (C=O) groups excluding carboxylic acids is 3. The number of urea groups is 1. The van der Waals surface area contributed by atoms with E-state index in [-0.39, 0.29) is 31.2 Å². The number of halogens is 3. The van der Waals surface area contributed by atoms with Gasteiger partial charge in [0, 0.05) is 32.2 Å². The number of hydrogen-bond acceptors (Lipinski definition) is 4. The van der Waals surface area contributed by atoms with Gasteiger partial charge < -0.3 is 10.2 Å². The molecular weight excluding hydrogens is 377 g/mol. The maximum atomic E-state index is 13.1. The number of piperazine rings is 1. The third-order valence-corrected chi connectivity index (χ3v) is 4.16. The Bertz CT molecular complexity index is 729. The molecule has 4 amide bonds. The van der Waals surface area contributed by atoms with Crippen molar-refractivity contribution in [3.8, 4) is 0 Å². The van der Waals surface area contributed by atoms with E-state index >= 15 is 0 Å². The Morgan fingerprint density at radius 2 is 1.68 bits per heavy atom. The first kappa shape index (κ1) is 21.7. The molecule has 1 aliphatic rings. The highest BCUT2D eigenvalue weighted by Crippen LogP contribution is 2.32. The van der Waals surface area contributed by atoms with Crippen LogP contribution in [0, 0.1) is 0 Å². The second-order valence-electron chi connectivity index (χ2n) is 6.79. The summed E-state index contributed by atoms with van der Waals surface area (Å²) in [7, 11) is 0. The van der Waals surface area contributed by atoms with Gasteiger partial charge in [0.15, 0.2) is 0 Å². The summed E-state index contributed by atoms with van der Waals surface area (Å²) in [6, 6.07) is 3.99. The molecule has 154 valence electrons. The first-order chi connectivity index (χ1) is 13.1. The van der Waals surface area contributed by atoms with Gasteiger partial charge in [0.25, 0.3) is 5.91 Å². The quantitative estimate of drug-likeness (QED) is 0.806. The molecule has 2 N–H and O–H groups in total. The van der Waals surface area contributed by atoms with Gasteiger partial charge in [-0.2, -0.15) is 13.2 Å². The summed E-state index contributed by atoms with van der Waals surface area (Å²) < 4.78 is 39.3. The fourth-order valence-electron chi connectivity index (χ4n) is 2.86. The molecule has 0 atom stereocenters. The molecule has 0 unspecified atom stereocenters. The molecule has 0 spiro atoms. The van der Waals surface area contributed by atoms with Crippen LogP contribution in [0.15, 0.2) is 24.3 Å². The van der Waals surface area contributed by atoms with E-state index in [0.717, 1.165) is 12.1 Å². The molecule has 1 fully saturated rings. The Hall–Kier alpha value is -2.62. The summed E-state index contributed by atoms with van der Waals surface area (Å²) in [5.41, 5.74) is -1.34. The zero-order valence-corrected chi connectivity index (χ0v) is 15.7. The summed E-state index contributed by atoms with van der Waals surface area (Å²) in [4.78, 5) is 39.0. The first-order valence-electron chi connectivity index (χ1n) is 8.86. The molecule has 0 aromatic heterocycles. The van der Waals surface area contributed by atoms with Gasteiger partial charge in [0.2, 0.25) is 5.91 Å². The highest BCUT2D eigenvalue weighted by Gasteiger charge is 2.36. The molecule has 0 saturated carbocycles. The minimum atomic E-state index is -4.61. The monoisotopic (exact) mass is 400 g/mol. The van der Waals surface area contributed by atoms with Crippen LogP contribution in [0.5, 0.6) is 0 Å². The highest BCUT2D eigenvalue weighted by atomic mass is 19.4. The molecule has 10 heteroatoms. The molecule has 1 aliphatic heterocycles. The number of nitrogens with zero attached hydrogens (tertiary/aromatic N) is 2. The van der Waals surface area contributed by atoms with Crippen molar-refractivity contribution in [3.63, 3.8) is 0 Å². The number of rotatable bonds is 4. The van der Waals surface area contributed by atoms with Gasteiger partial charge in [-0.3, -0.25) is 19.8 Å². The van der Waals surface area contributed by atoms with E-state index in [1.54, 1.807) is 18.7 Å². The predicted molar refractivity (Wildman–Crippen MR) is 95.6 cm³/mol. The fourth-order valence-corrected chi connectivity index (χ4v) is 2.86. The largest absolute Gasteiger partial charge is 0.417 e. The molecule has 1 aromatic carbocycles. The maximum absolute atomic E-state index is 13.1. The molecule has 7 nitrogen and oxygen atoms in total. The molecule has 28 heavy (non-hydrogen) atoms. The third-order valence-electron chi connectivity index (χ3n) is 4.16. The Labute approximate surface area is 160 Å². The average Bonchev–Trinajstić information content (AvgIpc) is 2.60. The van der Waals surface area contributed by atoms with E-state index in [1.165, 1.54) is 17.0 Å². The number of benzene rings is 1. The molecule has 0 aliphatic carbocycles. The van der Waals surface area contributed by atoms with Gasteiger partial charge in [0.05, 0.1) is 17.7 Å². The van der Waals surface area contributed by atoms with Crippen LogP contribution in [-0.2, 0) is 11.0 Å². The van der Waals surface area contributed by atoms with Crippen molar-refractivity contribution >= 4 is 17.8 Å². The van der Waals surface area contributed by atoms with Crippen molar-refractivity contribution in [1.29, 1.82) is 0 Å². The van der Waals surface area contributed by atoms with E-state index in [1.807, 2.05) is 0 Å².